The van der Waals surface area contributed by atoms with Crippen LogP contribution in [0.2, 0.25) is 0 Å². The average molecular weight is 732 g/mol. The summed E-state index contributed by atoms with van der Waals surface area (Å²) < 4.78 is 40.0. The first-order chi connectivity index (χ1) is 19.2. The molecule has 2 saturated carbocycles. The molecule has 0 heterocycles. The van der Waals surface area contributed by atoms with Gasteiger partial charge in [0.2, 0.25) is 0 Å². The van der Waals surface area contributed by atoms with Crippen molar-refractivity contribution in [3.63, 3.8) is 0 Å². The third-order valence-electron chi connectivity index (χ3n) is 5.92. The standard InChI is InChI=1S/2C9H19O11P.Zn/c2*10-1-3(11)2-19-21(17,18)20-9-7(15)5(13)4(12)6(14)8(9)16;/h2*3-16H,1-2H2,(H,17,18);/q;;+2/p-2/t2*3-,4?,5-,6+,7+,8+,9?;/m00./s1. The van der Waals surface area contributed by atoms with Gasteiger partial charge in [0.15, 0.2) is 0 Å². The van der Waals surface area contributed by atoms with Crippen LogP contribution in [0.15, 0.2) is 0 Å². The smallest absolute Gasteiger partial charge is 0.756 e. The van der Waals surface area contributed by atoms with Gasteiger partial charge < -0.3 is 99.4 Å². The van der Waals surface area contributed by atoms with E-state index in [9.17, 15) is 70.0 Å². The van der Waals surface area contributed by atoms with Crippen molar-refractivity contribution in [2.45, 2.75) is 85.5 Å². The van der Waals surface area contributed by atoms with Crippen LogP contribution in [0.3, 0.4) is 0 Å². The van der Waals surface area contributed by atoms with Crippen molar-refractivity contribution in [3.05, 3.63) is 0 Å². The van der Waals surface area contributed by atoms with Crippen LogP contribution >= 0.6 is 15.6 Å². The van der Waals surface area contributed by atoms with E-state index in [2.05, 4.69) is 18.1 Å². The number of hydrogen-bond donors (Lipinski definition) is 14. The van der Waals surface area contributed by atoms with E-state index in [0.717, 1.165) is 0 Å². The van der Waals surface area contributed by atoms with Crippen LogP contribution in [-0.2, 0) is 46.7 Å². The monoisotopic (exact) mass is 730 g/mol. The predicted octanol–water partition coefficient (Wildman–Crippen LogP) is -9.95. The van der Waals surface area contributed by atoms with Crippen LogP contribution in [0.25, 0.3) is 0 Å². The van der Waals surface area contributed by atoms with Gasteiger partial charge in [-0.2, -0.15) is 0 Å². The molecule has 0 aromatic heterocycles. The molecule has 0 radical (unpaired) electrons. The molecule has 2 aliphatic carbocycles. The van der Waals surface area contributed by atoms with E-state index in [4.69, 9.17) is 20.4 Å². The molecule has 0 amide bonds. The second-order valence-corrected chi connectivity index (χ2v) is 11.9. The van der Waals surface area contributed by atoms with Gasteiger partial charge in [-0.15, -0.1) is 0 Å². The van der Waals surface area contributed by atoms with Gasteiger partial charge in [-0.05, 0) is 0 Å². The Bertz CT molecular complexity index is 802. The molecule has 0 aromatic carbocycles. The molecule has 0 bridgehead atoms. The summed E-state index contributed by atoms with van der Waals surface area (Å²) in [5.41, 5.74) is 0. The van der Waals surface area contributed by atoms with Crippen molar-refractivity contribution >= 4 is 15.6 Å². The second-order valence-electron chi connectivity index (χ2n) is 9.20. The molecule has 0 saturated heterocycles. The molecule has 2 rings (SSSR count). The Morgan fingerprint density at radius 3 is 0.930 bits per heavy atom. The van der Waals surface area contributed by atoms with E-state index < -0.39 is 128 Å². The molecule has 6 unspecified atom stereocenters. The number of aliphatic hydroxyl groups is 14. The summed E-state index contributed by atoms with van der Waals surface area (Å²) in [7, 11) is -10.2. The molecule has 0 aliphatic heterocycles. The number of phosphoric acid groups is 2. The van der Waals surface area contributed by atoms with Crippen molar-refractivity contribution in [2.24, 2.45) is 0 Å². The molecule has 0 spiro atoms. The van der Waals surface area contributed by atoms with Gasteiger partial charge in [-0.25, -0.2) is 0 Å². The zero-order chi connectivity index (χ0) is 32.7. The van der Waals surface area contributed by atoms with E-state index in [1.54, 1.807) is 0 Å². The molecule has 16 atom stereocenters. The predicted molar refractivity (Wildman–Crippen MR) is 123 cm³/mol. The van der Waals surface area contributed by atoms with Crippen LogP contribution in [0.1, 0.15) is 0 Å². The van der Waals surface area contributed by atoms with Gasteiger partial charge in [0.05, 0.1) is 26.4 Å². The van der Waals surface area contributed by atoms with Crippen molar-refractivity contribution in [1.29, 1.82) is 0 Å². The number of aliphatic hydroxyl groups excluding tert-OH is 14. The Morgan fingerprint density at radius 2 is 0.721 bits per heavy atom. The summed E-state index contributed by atoms with van der Waals surface area (Å²) in [5.74, 6) is 0. The third kappa shape index (κ3) is 12.4. The fraction of sp³-hybridized carbons (Fsp3) is 1.00. The summed E-state index contributed by atoms with van der Waals surface area (Å²) in [6.07, 6.45) is -26.5. The van der Waals surface area contributed by atoms with Gasteiger partial charge >= 0.3 is 19.5 Å². The molecular formula is C18H36O22P2Zn. The van der Waals surface area contributed by atoms with Gasteiger partial charge in [0, 0.05) is 0 Å². The summed E-state index contributed by atoms with van der Waals surface area (Å²) in [6, 6.07) is 0. The van der Waals surface area contributed by atoms with Crippen LogP contribution in [0.4, 0.5) is 0 Å². The third-order valence-corrected chi connectivity index (χ3v) is 7.85. The minimum atomic E-state index is -5.12. The molecule has 22 nitrogen and oxygen atoms in total. The summed E-state index contributed by atoms with van der Waals surface area (Å²) >= 11 is 0. The summed E-state index contributed by atoms with van der Waals surface area (Å²) in [6.45, 7) is -3.19. The van der Waals surface area contributed by atoms with Gasteiger partial charge in [0.25, 0.3) is 15.6 Å². The molecule has 43 heavy (non-hydrogen) atoms. The van der Waals surface area contributed by atoms with Crippen molar-refractivity contribution < 1.29 is 128 Å². The first-order valence-electron chi connectivity index (χ1n) is 11.9. The van der Waals surface area contributed by atoms with Crippen molar-refractivity contribution in [3.8, 4) is 0 Å². The summed E-state index contributed by atoms with van der Waals surface area (Å²) in [5, 5.41) is 129. The molecule has 25 heteroatoms. The summed E-state index contributed by atoms with van der Waals surface area (Å²) in [4.78, 5) is 22.9. The van der Waals surface area contributed by atoms with Crippen LogP contribution < -0.4 is 9.79 Å². The normalized spacial score (nSPS) is 40.6. The molecule has 2 fully saturated rings. The van der Waals surface area contributed by atoms with Crippen LogP contribution in [0.5, 0.6) is 0 Å². The maximum Gasteiger partial charge on any atom is 2.00 e. The average Bonchev–Trinajstić information content (AvgIpc) is 2.95. The van der Waals surface area contributed by atoms with Gasteiger partial charge in [-0.1, -0.05) is 0 Å². The number of hydrogen-bond acceptors (Lipinski definition) is 22. The zero-order valence-corrected chi connectivity index (χ0v) is 26.8. The SMILES string of the molecule is O=P([O-])(OC[C@@H](O)CO)OC1[C@H](O)[C@H](O)C(O)[C@H](O)[C@H]1O.O=P([O-])(OC[C@@H](O)CO)OC1[C@H](O)[C@H](O)C(O)[C@H](O)[C@H]1O.[Zn+2]. The quantitative estimate of drug-likeness (QED) is 0.0654. The Kier molecular flexibility index (Phi) is 18.7. The number of phosphoric ester groups is 2. The molecule has 14 N–H and O–H groups in total. The fourth-order valence-corrected chi connectivity index (χ4v) is 5.39. The van der Waals surface area contributed by atoms with Crippen LogP contribution in [0, 0.1) is 0 Å². The fourth-order valence-electron chi connectivity index (χ4n) is 3.46. The van der Waals surface area contributed by atoms with E-state index in [0.29, 0.717) is 0 Å². The van der Waals surface area contributed by atoms with E-state index in [-0.39, 0.29) is 19.5 Å². The number of rotatable bonds is 12. The molecule has 252 valence electrons. The maximum absolute atomic E-state index is 11.4. The Morgan fingerprint density at radius 1 is 0.512 bits per heavy atom. The van der Waals surface area contributed by atoms with Crippen molar-refractivity contribution in [2.75, 3.05) is 26.4 Å². The minimum Gasteiger partial charge on any atom is -0.756 e. The molecular weight excluding hydrogens is 696 g/mol. The Hall–Kier alpha value is 0.283. The topological polar surface area (TPSA) is 400 Å². The largest absolute Gasteiger partial charge is 2.00 e. The first-order valence-corrected chi connectivity index (χ1v) is 14.8. The van der Waals surface area contributed by atoms with Crippen LogP contribution in [-0.4, -0.2) is 183 Å². The first kappa shape index (κ1) is 43.3. The van der Waals surface area contributed by atoms with Gasteiger partial charge in [0.1, 0.15) is 85.5 Å². The van der Waals surface area contributed by atoms with E-state index in [1.165, 1.54) is 0 Å². The molecule has 0 aromatic rings. The maximum atomic E-state index is 11.4. The molecule has 2 aliphatic rings. The van der Waals surface area contributed by atoms with E-state index in [1.807, 2.05) is 0 Å². The zero-order valence-electron chi connectivity index (χ0n) is 22.0. The Balaban J connectivity index is 0.000000802. The van der Waals surface area contributed by atoms with E-state index >= 15 is 0 Å². The minimum absolute atomic E-state index is 0. The van der Waals surface area contributed by atoms with Gasteiger partial charge in [-0.3, -0.25) is 9.13 Å². The van der Waals surface area contributed by atoms with Crippen molar-refractivity contribution in [1.82, 2.24) is 0 Å². The second kappa shape index (κ2) is 18.6. The Labute approximate surface area is 255 Å².